The molecule has 112 valence electrons. The Bertz CT molecular complexity index is 635. The first-order chi connectivity index (χ1) is 10.1. The summed E-state index contributed by atoms with van der Waals surface area (Å²) in [7, 11) is 1.53. The van der Waals surface area contributed by atoms with Crippen LogP contribution in [0.5, 0.6) is 6.01 Å². The second kappa shape index (κ2) is 6.49. The highest BCUT2D eigenvalue weighted by Crippen LogP contribution is 2.31. The maximum absolute atomic E-state index is 11.5. The van der Waals surface area contributed by atoms with Crippen LogP contribution in [0, 0.1) is 0 Å². The minimum absolute atomic E-state index is 0.228. The standard InChI is InChI=1S/C15H20N4O2/c1-10(2)13-11(5-4-7-17-13)14-12(9-20)19(8-6-16)15(18-14)21-3/h4-5,7,9-10H,6,8,16H2,1-3H3. The topological polar surface area (TPSA) is 83.0 Å². The summed E-state index contributed by atoms with van der Waals surface area (Å²) in [4.78, 5) is 20.4. The summed E-state index contributed by atoms with van der Waals surface area (Å²) in [5, 5.41) is 0. The molecule has 0 saturated carbocycles. The molecule has 2 rings (SSSR count). The van der Waals surface area contributed by atoms with Gasteiger partial charge in [-0.1, -0.05) is 13.8 Å². The van der Waals surface area contributed by atoms with E-state index in [0.717, 1.165) is 17.5 Å². The zero-order valence-electron chi connectivity index (χ0n) is 12.5. The average Bonchev–Trinajstić information content (AvgIpc) is 2.85. The van der Waals surface area contributed by atoms with E-state index in [-0.39, 0.29) is 5.92 Å². The first-order valence-electron chi connectivity index (χ1n) is 6.89. The second-order valence-corrected chi connectivity index (χ2v) is 4.98. The second-order valence-electron chi connectivity index (χ2n) is 4.98. The lowest BCUT2D eigenvalue weighted by Crippen LogP contribution is -2.13. The molecular weight excluding hydrogens is 268 g/mol. The molecule has 0 aliphatic heterocycles. The van der Waals surface area contributed by atoms with E-state index in [4.69, 9.17) is 10.5 Å². The van der Waals surface area contributed by atoms with Gasteiger partial charge >= 0.3 is 0 Å². The Hall–Kier alpha value is -2.21. The van der Waals surface area contributed by atoms with E-state index in [1.807, 2.05) is 12.1 Å². The Morgan fingerprint density at radius 2 is 2.24 bits per heavy atom. The number of hydrogen-bond acceptors (Lipinski definition) is 5. The van der Waals surface area contributed by atoms with Gasteiger partial charge < -0.3 is 10.5 Å². The van der Waals surface area contributed by atoms with E-state index in [1.54, 1.807) is 10.8 Å². The highest BCUT2D eigenvalue weighted by atomic mass is 16.5. The van der Waals surface area contributed by atoms with E-state index in [2.05, 4.69) is 23.8 Å². The number of aldehydes is 1. The van der Waals surface area contributed by atoms with Crippen LogP contribution in [0.2, 0.25) is 0 Å². The zero-order valence-corrected chi connectivity index (χ0v) is 12.5. The van der Waals surface area contributed by atoms with E-state index in [9.17, 15) is 4.79 Å². The van der Waals surface area contributed by atoms with Crippen LogP contribution < -0.4 is 10.5 Å². The number of rotatable bonds is 6. The minimum Gasteiger partial charge on any atom is -0.468 e. The third kappa shape index (κ3) is 2.80. The molecule has 0 radical (unpaired) electrons. The number of ether oxygens (including phenoxy) is 1. The molecule has 0 unspecified atom stereocenters. The molecule has 2 aromatic rings. The number of carbonyl (C=O) groups is 1. The van der Waals surface area contributed by atoms with Gasteiger partial charge in [0, 0.05) is 24.8 Å². The number of nitrogens with two attached hydrogens (primary N) is 1. The van der Waals surface area contributed by atoms with Gasteiger partial charge in [-0.15, -0.1) is 0 Å². The zero-order chi connectivity index (χ0) is 15.4. The number of methoxy groups -OCH3 is 1. The Morgan fingerprint density at radius 3 is 2.81 bits per heavy atom. The molecule has 0 bridgehead atoms. The van der Waals surface area contributed by atoms with E-state index in [0.29, 0.717) is 30.5 Å². The molecule has 0 spiro atoms. The summed E-state index contributed by atoms with van der Waals surface area (Å²) in [6.07, 6.45) is 2.53. The van der Waals surface area contributed by atoms with Crippen LogP contribution in [0.4, 0.5) is 0 Å². The molecule has 0 saturated heterocycles. The molecule has 2 N–H and O–H groups in total. The SMILES string of the molecule is COc1nc(-c2cccnc2C(C)C)c(C=O)n1CCN. The third-order valence-corrected chi connectivity index (χ3v) is 3.26. The summed E-state index contributed by atoms with van der Waals surface area (Å²) < 4.78 is 6.95. The summed E-state index contributed by atoms with van der Waals surface area (Å²) >= 11 is 0. The van der Waals surface area contributed by atoms with Crippen molar-refractivity contribution in [1.29, 1.82) is 0 Å². The monoisotopic (exact) mass is 288 g/mol. The quantitative estimate of drug-likeness (QED) is 0.820. The minimum atomic E-state index is 0.228. The predicted octanol–water partition coefficient (Wildman–Crippen LogP) is 1.85. The molecule has 6 heteroatoms. The fourth-order valence-electron chi connectivity index (χ4n) is 2.34. The lowest BCUT2D eigenvalue weighted by molar-refractivity contribution is 0.111. The van der Waals surface area contributed by atoms with Crippen molar-refractivity contribution in [2.75, 3.05) is 13.7 Å². The van der Waals surface area contributed by atoms with Gasteiger partial charge in [-0.3, -0.25) is 14.3 Å². The van der Waals surface area contributed by atoms with Gasteiger partial charge in [0.25, 0.3) is 6.01 Å². The smallest absolute Gasteiger partial charge is 0.297 e. The largest absolute Gasteiger partial charge is 0.468 e. The summed E-state index contributed by atoms with van der Waals surface area (Å²) in [5.41, 5.74) is 8.41. The van der Waals surface area contributed by atoms with Crippen molar-refractivity contribution in [3.63, 3.8) is 0 Å². The Morgan fingerprint density at radius 1 is 1.48 bits per heavy atom. The van der Waals surface area contributed by atoms with E-state index in [1.165, 1.54) is 7.11 Å². The Kier molecular flexibility index (Phi) is 4.70. The van der Waals surface area contributed by atoms with Crippen molar-refractivity contribution in [3.8, 4) is 17.3 Å². The van der Waals surface area contributed by atoms with Crippen LogP contribution in [0.1, 0.15) is 35.9 Å². The van der Waals surface area contributed by atoms with Crippen LogP contribution in [0.3, 0.4) is 0 Å². The van der Waals surface area contributed by atoms with Crippen molar-refractivity contribution in [1.82, 2.24) is 14.5 Å². The molecule has 2 aromatic heterocycles. The molecule has 0 atom stereocenters. The van der Waals surface area contributed by atoms with Crippen LogP contribution in [0.15, 0.2) is 18.3 Å². The van der Waals surface area contributed by atoms with Gasteiger partial charge in [0.2, 0.25) is 0 Å². The van der Waals surface area contributed by atoms with Gasteiger partial charge in [-0.25, -0.2) is 0 Å². The maximum atomic E-state index is 11.5. The number of hydrogen-bond donors (Lipinski definition) is 1. The maximum Gasteiger partial charge on any atom is 0.297 e. The van der Waals surface area contributed by atoms with Gasteiger partial charge in [0.1, 0.15) is 11.4 Å². The number of nitrogens with zero attached hydrogens (tertiary/aromatic N) is 3. The third-order valence-electron chi connectivity index (χ3n) is 3.26. The molecule has 2 heterocycles. The summed E-state index contributed by atoms with van der Waals surface area (Å²) in [6, 6.07) is 4.14. The van der Waals surface area contributed by atoms with Crippen molar-refractivity contribution in [2.45, 2.75) is 26.3 Å². The van der Waals surface area contributed by atoms with Crippen LogP contribution in [-0.2, 0) is 6.54 Å². The van der Waals surface area contributed by atoms with Crippen LogP contribution in [0.25, 0.3) is 11.3 Å². The van der Waals surface area contributed by atoms with Crippen molar-refractivity contribution >= 4 is 6.29 Å². The first kappa shape index (κ1) is 15.2. The number of carbonyl (C=O) groups excluding carboxylic acids is 1. The molecule has 0 fully saturated rings. The average molecular weight is 288 g/mol. The van der Waals surface area contributed by atoms with E-state index >= 15 is 0 Å². The first-order valence-corrected chi connectivity index (χ1v) is 6.89. The lowest BCUT2D eigenvalue weighted by atomic mass is 10.0. The summed E-state index contributed by atoms with van der Waals surface area (Å²) in [5.74, 6) is 0.228. The van der Waals surface area contributed by atoms with Crippen molar-refractivity contribution in [2.24, 2.45) is 5.73 Å². The van der Waals surface area contributed by atoms with Gasteiger partial charge in [-0.05, 0) is 18.1 Å². The van der Waals surface area contributed by atoms with Gasteiger partial charge in [0.15, 0.2) is 6.29 Å². The fourth-order valence-corrected chi connectivity index (χ4v) is 2.34. The fraction of sp³-hybridized carbons (Fsp3) is 0.400. The van der Waals surface area contributed by atoms with Crippen molar-refractivity contribution < 1.29 is 9.53 Å². The number of imidazole rings is 1. The Balaban J connectivity index is 2.67. The van der Waals surface area contributed by atoms with Gasteiger partial charge in [0.05, 0.1) is 12.8 Å². The molecule has 6 nitrogen and oxygen atoms in total. The number of aromatic nitrogens is 3. The van der Waals surface area contributed by atoms with Crippen LogP contribution in [-0.4, -0.2) is 34.5 Å². The number of pyridine rings is 1. The highest BCUT2D eigenvalue weighted by Gasteiger charge is 2.21. The molecule has 0 aliphatic carbocycles. The molecule has 0 aliphatic rings. The molecule has 0 amide bonds. The van der Waals surface area contributed by atoms with Gasteiger partial charge in [-0.2, -0.15) is 4.98 Å². The molecule has 0 aromatic carbocycles. The predicted molar refractivity (Wildman–Crippen MR) is 80.5 cm³/mol. The Labute approximate surface area is 124 Å². The van der Waals surface area contributed by atoms with E-state index < -0.39 is 0 Å². The van der Waals surface area contributed by atoms with Crippen LogP contribution >= 0.6 is 0 Å². The highest BCUT2D eigenvalue weighted by molar-refractivity contribution is 5.85. The van der Waals surface area contributed by atoms with Crippen molar-refractivity contribution in [3.05, 3.63) is 29.7 Å². The molecule has 21 heavy (non-hydrogen) atoms. The normalized spacial score (nSPS) is 10.9. The lowest BCUT2D eigenvalue weighted by Gasteiger charge is -2.10. The summed E-state index contributed by atoms with van der Waals surface area (Å²) in [6.45, 7) is 4.99. The molecular formula is C15H20N4O2.